The zero-order chi connectivity index (χ0) is 17.8. The summed E-state index contributed by atoms with van der Waals surface area (Å²) in [4.78, 5) is 19.7. The molecule has 1 saturated heterocycles. The van der Waals surface area contributed by atoms with E-state index in [9.17, 15) is 4.79 Å². The van der Waals surface area contributed by atoms with Gasteiger partial charge in [-0.2, -0.15) is 0 Å². The van der Waals surface area contributed by atoms with Gasteiger partial charge in [-0.05, 0) is 36.3 Å². The van der Waals surface area contributed by atoms with Crippen molar-refractivity contribution in [1.82, 2.24) is 15.2 Å². The first-order valence-corrected chi connectivity index (χ1v) is 9.88. The maximum atomic E-state index is 12.3. The number of piperidine rings is 1. The van der Waals surface area contributed by atoms with Gasteiger partial charge in [0.15, 0.2) is 0 Å². The van der Waals surface area contributed by atoms with Gasteiger partial charge in [0, 0.05) is 26.2 Å². The summed E-state index contributed by atoms with van der Waals surface area (Å²) in [5, 5.41) is 3.05. The molecule has 2 atom stereocenters. The first-order chi connectivity index (χ1) is 12.0. The Morgan fingerprint density at radius 3 is 2.56 bits per heavy atom. The number of benzene rings is 1. The second-order valence-corrected chi connectivity index (χ2v) is 8.21. The number of carbonyl (C=O) groups is 1. The second kappa shape index (κ2) is 8.11. The predicted octanol–water partition coefficient (Wildman–Crippen LogP) is 3.86. The molecular formula is C20H27N3OS. The number of nitrogens with zero attached hydrogens (tertiary/aromatic N) is 2. The minimum Gasteiger partial charge on any atom is -0.347 e. The molecule has 2 aromatic rings. The average molecular weight is 358 g/mol. The summed E-state index contributed by atoms with van der Waals surface area (Å²) in [6, 6.07) is 8.44. The molecule has 25 heavy (non-hydrogen) atoms. The fourth-order valence-corrected chi connectivity index (χ4v) is 4.54. The normalized spacial score (nSPS) is 21.2. The van der Waals surface area contributed by atoms with E-state index in [2.05, 4.69) is 47.2 Å². The summed E-state index contributed by atoms with van der Waals surface area (Å²) < 4.78 is 0. The largest absolute Gasteiger partial charge is 0.347 e. The molecule has 1 amide bonds. The van der Waals surface area contributed by atoms with Gasteiger partial charge in [-0.1, -0.05) is 38.1 Å². The minimum absolute atomic E-state index is 0.0324. The number of thiazole rings is 1. The Morgan fingerprint density at radius 1 is 1.24 bits per heavy atom. The van der Waals surface area contributed by atoms with E-state index in [1.807, 2.05) is 13.0 Å². The maximum Gasteiger partial charge on any atom is 0.263 e. The number of aromatic nitrogens is 1. The predicted molar refractivity (Wildman–Crippen MR) is 103 cm³/mol. The molecule has 1 aliphatic heterocycles. The summed E-state index contributed by atoms with van der Waals surface area (Å²) in [7, 11) is 0. The van der Waals surface area contributed by atoms with Crippen LogP contribution in [0.4, 0.5) is 0 Å². The van der Waals surface area contributed by atoms with Gasteiger partial charge in [0.25, 0.3) is 5.91 Å². The smallest absolute Gasteiger partial charge is 0.263 e. The Morgan fingerprint density at radius 2 is 1.92 bits per heavy atom. The monoisotopic (exact) mass is 357 g/mol. The topological polar surface area (TPSA) is 45.2 Å². The van der Waals surface area contributed by atoms with Crippen LogP contribution in [0.3, 0.4) is 0 Å². The molecule has 1 aromatic carbocycles. The molecule has 0 bridgehead atoms. The quantitative estimate of drug-likeness (QED) is 0.884. The maximum absolute atomic E-state index is 12.3. The summed E-state index contributed by atoms with van der Waals surface area (Å²) in [5.74, 6) is 1.48. The van der Waals surface area contributed by atoms with Crippen LogP contribution in [0.15, 0.2) is 29.8 Å². The van der Waals surface area contributed by atoms with Crippen LogP contribution in [-0.2, 0) is 13.1 Å². The van der Waals surface area contributed by atoms with Gasteiger partial charge >= 0.3 is 0 Å². The van der Waals surface area contributed by atoms with Gasteiger partial charge in [0.1, 0.15) is 4.88 Å². The molecule has 0 aliphatic carbocycles. The summed E-state index contributed by atoms with van der Waals surface area (Å²) in [6.45, 7) is 10.4. The number of rotatable bonds is 5. The minimum atomic E-state index is -0.0324. The van der Waals surface area contributed by atoms with Crippen molar-refractivity contribution in [2.75, 3.05) is 13.1 Å². The van der Waals surface area contributed by atoms with Crippen LogP contribution in [-0.4, -0.2) is 28.9 Å². The number of hydrogen-bond acceptors (Lipinski definition) is 4. The summed E-state index contributed by atoms with van der Waals surface area (Å²) >= 11 is 1.39. The van der Waals surface area contributed by atoms with E-state index < -0.39 is 0 Å². The first-order valence-electron chi connectivity index (χ1n) is 9.00. The van der Waals surface area contributed by atoms with Gasteiger partial charge in [-0.3, -0.25) is 9.69 Å². The van der Waals surface area contributed by atoms with Gasteiger partial charge in [0.2, 0.25) is 0 Å². The van der Waals surface area contributed by atoms with Crippen molar-refractivity contribution in [3.63, 3.8) is 0 Å². The highest BCUT2D eigenvalue weighted by molar-refractivity contribution is 7.11. The Bertz CT molecular complexity index is 717. The van der Waals surface area contributed by atoms with Gasteiger partial charge in [-0.15, -0.1) is 11.3 Å². The van der Waals surface area contributed by atoms with Crippen LogP contribution >= 0.6 is 11.3 Å². The first kappa shape index (κ1) is 18.1. The molecule has 1 aromatic heterocycles. The lowest BCUT2D eigenvalue weighted by Gasteiger charge is -2.35. The highest BCUT2D eigenvalue weighted by atomic mass is 32.1. The molecule has 0 radical (unpaired) electrons. The van der Waals surface area contributed by atoms with Crippen molar-refractivity contribution in [3.8, 4) is 0 Å². The molecule has 0 spiro atoms. The molecule has 5 heteroatoms. The van der Waals surface area contributed by atoms with E-state index in [0.717, 1.165) is 37.2 Å². The van der Waals surface area contributed by atoms with Crippen molar-refractivity contribution in [1.29, 1.82) is 0 Å². The van der Waals surface area contributed by atoms with Crippen molar-refractivity contribution in [2.24, 2.45) is 11.8 Å². The fraction of sp³-hybridized carbons (Fsp3) is 0.500. The van der Waals surface area contributed by atoms with Crippen LogP contribution < -0.4 is 5.32 Å². The lowest BCUT2D eigenvalue weighted by Crippen LogP contribution is -2.38. The second-order valence-electron chi connectivity index (χ2n) is 7.36. The molecule has 2 heterocycles. The highest BCUT2D eigenvalue weighted by Crippen LogP contribution is 2.23. The summed E-state index contributed by atoms with van der Waals surface area (Å²) in [5.41, 5.74) is 5.03. The molecule has 2 unspecified atom stereocenters. The number of likely N-dealkylation sites (tertiary alicyclic amines) is 1. The number of aryl methyl sites for hydroxylation is 1. The third-order valence-electron chi connectivity index (χ3n) is 4.85. The van der Waals surface area contributed by atoms with Crippen LogP contribution in [0.2, 0.25) is 0 Å². The fourth-order valence-electron chi connectivity index (χ4n) is 3.82. The van der Waals surface area contributed by atoms with E-state index in [4.69, 9.17) is 0 Å². The van der Waals surface area contributed by atoms with E-state index in [0.29, 0.717) is 11.4 Å². The van der Waals surface area contributed by atoms with Gasteiger partial charge < -0.3 is 5.32 Å². The molecule has 1 fully saturated rings. The average Bonchev–Trinajstić information content (AvgIpc) is 2.99. The van der Waals surface area contributed by atoms with Crippen molar-refractivity contribution < 1.29 is 4.79 Å². The Labute approximate surface area is 154 Å². The van der Waals surface area contributed by atoms with Crippen molar-refractivity contribution in [3.05, 3.63) is 51.5 Å². The SMILES string of the molecule is Cc1ncsc1C(=O)NCc1ccccc1CN1CC(C)CC(C)C1. The van der Waals surface area contributed by atoms with Crippen molar-refractivity contribution in [2.45, 2.75) is 40.3 Å². The number of nitrogens with one attached hydrogen (secondary N) is 1. The number of amides is 1. The lowest BCUT2D eigenvalue weighted by atomic mass is 9.91. The zero-order valence-electron chi connectivity index (χ0n) is 15.3. The number of hydrogen-bond donors (Lipinski definition) is 1. The standard InChI is InChI=1S/C20H27N3OS/c1-14-8-15(2)11-23(10-14)12-18-7-5-4-6-17(18)9-21-20(24)19-16(3)22-13-25-19/h4-7,13-15H,8-12H2,1-3H3,(H,21,24). The molecule has 1 N–H and O–H groups in total. The van der Waals surface area contributed by atoms with E-state index in [1.54, 1.807) is 5.51 Å². The van der Waals surface area contributed by atoms with E-state index >= 15 is 0 Å². The number of carbonyl (C=O) groups excluding carboxylic acids is 1. The zero-order valence-corrected chi connectivity index (χ0v) is 16.1. The Kier molecular flexibility index (Phi) is 5.86. The molecular weight excluding hydrogens is 330 g/mol. The summed E-state index contributed by atoms with van der Waals surface area (Å²) in [6.07, 6.45) is 1.32. The van der Waals surface area contributed by atoms with Crippen LogP contribution in [0.1, 0.15) is 46.8 Å². The van der Waals surface area contributed by atoms with E-state index in [-0.39, 0.29) is 5.91 Å². The molecule has 134 valence electrons. The Hall–Kier alpha value is -1.72. The highest BCUT2D eigenvalue weighted by Gasteiger charge is 2.22. The third-order valence-corrected chi connectivity index (χ3v) is 5.78. The molecule has 1 aliphatic rings. The molecule has 3 rings (SSSR count). The van der Waals surface area contributed by atoms with Crippen molar-refractivity contribution >= 4 is 17.2 Å². The van der Waals surface area contributed by atoms with Crippen LogP contribution in [0, 0.1) is 18.8 Å². The van der Waals surface area contributed by atoms with Crippen LogP contribution in [0.25, 0.3) is 0 Å². The van der Waals surface area contributed by atoms with Crippen LogP contribution in [0.5, 0.6) is 0 Å². The van der Waals surface area contributed by atoms with Gasteiger partial charge in [0.05, 0.1) is 11.2 Å². The Balaban J connectivity index is 1.65. The molecule has 4 nitrogen and oxygen atoms in total. The molecule has 0 saturated carbocycles. The van der Waals surface area contributed by atoms with E-state index in [1.165, 1.54) is 28.9 Å². The van der Waals surface area contributed by atoms with Gasteiger partial charge in [-0.25, -0.2) is 4.98 Å². The lowest BCUT2D eigenvalue weighted by molar-refractivity contribution is 0.0954. The third kappa shape index (κ3) is 4.67.